The summed E-state index contributed by atoms with van der Waals surface area (Å²) in [5.41, 5.74) is 4.86. The first-order chi connectivity index (χ1) is 7.88. The van der Waals surface area contributed by atoms with Gasteiger partial charge in [-0.2, -0.15) is 0 Å². The number of amides is 3. The number of hydrogen-bond acceptors (Lipinski definition) is 5. The Morgan fingerprint density at radius 2 is 1.94 bits per heavy atom. The Balaban J connectivity index is 4.29. The van der Waals surface area contributed by atoms with E-state index >= 15 is 0 Å². The van der Waals surface area contributed by atoms with Crippen LogP contribution < -0.4 is 11.1 Å². The lowest BCUT2D eigenvalue weighted by molar-refractivity contribution is -0.139. The number of thioether (sulfide) groups is 1. The van der Waals surface area contributed by atoms with Crippen molar-refractivity contribution in [3.63, 3.8) is 0 Å². The van der Waals surface area contributed by atoms with Crippen LogP contribution in [0.25, 0.3) is 0 Å². The quantitative estimate of drug-likeness (QED) is 0.679. The van der Waals surface area contributed by atoms with Crippen LogP contribution in [0, 0.1) is 5.92 Å². The predicted octanol–water partition coefficient (Wildman–Crippen LogP) is 0.502. The van der Waals surface area contributed by atoms with E-state index in [0.29, 0.717) is 6.61 Å². The molecular weight excluding hydrogens is 244 g/mol. The third-order valence-electron chi connectivity index (χ3n) is 1.80. The molecule has 0 aliphatic heterocycles. The van der Waals surface area contributed by atoms with Crippen molar-refractivity contribution in [1.29, 1.82) is 0 Å². The second-order valence-electron chi connectivity index (χ2n) is 3.63. The van der Waals surface area contributed by atoms with E-state index in [1.807, 2.05) is 19.2 Å². The Bertz CT molecular complexity index is 294. The fraction of sp³-hybridized carbons (Fsp3) is 0.700. The van der Waals surface area contributed by atoms with Gasteiger partial charge in [-0.15, -0.1) is 11.8 Å². The van der Waals surface area contributed by atoms with E-state index in [0.717, 1.165) is 11.8 Å². The van der Waals surface area contributed by atoms with E-state index in [2.05, 4.69) is 0 Å². The van der Waals surface area contributed by atoms with Crippen LogP contribution in [0.3, 0.4) is 0 Å². The molecule has 0 aromatic rings. The van der Waals surface area contributed by atoms with Gasteiger partial charge < -0.3 is 10.5 Å². The van der Waals surface area contributed by atoms with Gasteiger partial charge in [0.15, 0.2) is 0 Å². The van der Waals surface area contributed by atoms with Crippen LogP contribution in [0.5, 0.6) is 0 Å². The predicted molar refractivity (Wildman–Crippen MR) is 65.4 cm³/mol. The first kappa shape index (κ1) is 15.8. The van der Waals surface area contributed by atoms with Gasteiger partial charge in [-0.05, 0) is 12.8 Å². The number of nitrogens with one attached hydrogen (secondary N) is 1. The average molecular weight is 262 g/mol. The van der Waals surface area contributed by atoms with Crippen molar-refractivity contribution in [2.75, 3.05) is 12.4 Å². The minimum Gasteiger partial charge on any atom is -0.465 e. The molecule has 6 nitrogen and oxygen atoms in total. The molecule has 0 saturated carbocycles. The molecular formula is C10H18N2O4S. The average Bonchev–Trinajstić information content (AvgIpc) is 2.16. The van der Waals surface area contributed by atoms with Gasteiger partial charge in [0.05, 0.1) is 17.6 Å². The Labute approximate surface area is 105 Å². The lowest BCUT2D eigenvalue weighted by Gasteiger charge is -2.18. The largest absolute Gasteiger partial charge is 0.465 e. The minimum absolute atomic E-state index is 0.0197. The zero-order valence-electron chi connectivity index (χ0n) is 10.2. The van der Waals surface area contributed by atoms with E-state index in [1.165, 1.54) is 0 Å². The molecule has 0 aromatic carbocycles. The molecule has 1 atom stereocenters. The standard InChI is InChI=1S/C10H18N2O4S/c1-4-16-7(13)5-17-8(6(2)3)9(14)12-10(11)15/h6,8H,4-5H2,1-3H3,(H3,11,12,14,15). The third kappa shape index (κ3) is 6.83. The van der Waals surface area contributed by atoms with Crippen LogP contribution >= 0.6 is 11.8 Å². The maximum Gasteiger partial charge on any atom is 0.318 e. The molecule has 1 unspecified atom stereocenters. The van der Waals surface area contributed by atoms with Crippen molar-refractivity contribution in [2.24, 2.45) is 11.7 Å². The van der Waals surface area contributed by atoms with Crippen molar-refractivity contribution in [3.05, 3.63) is 0 Å². The van der Waals surface area contributed by atoms with Gasteiger partial charge in [-0.3, -0.25) is 14.9 Å². The lowest BCUT2D eigenvalue weighted by atomic mass is 10.1. The first-order valence-electron chi connectivity index (χ1n) is 5.26. The van der Waals surface area contributed by atoms with Gasteiger partial charge in [0.2, 0.25) is 5.91 Å². The van der Waals surface area contributed by atoms with Crippen LogP contribution in [-0.4, -0.2) is 35.5 Å². The Kier molecular flexibility index (Phi) is 7.36. The molecule has 0 bridgehead atoms. The van der Waals surface area contributed by atoms with E-state index in [4.69, 9.17) is 10.5 Å². The number of imide groups is 1. The van der Waals surface area contributed by atoms with Crippen molar-refractivity contribution in [1.82, 2.24) is 5.32 Å². The molecule has 98 valence electrons. The molecule has 7 heteroatoms. The monoisotopic (exact) mass is 262 g/mol. The highest BCUT2D eigenvalue weighted by atomic mass is 32.2. The molecule has 0 fully saturated rings. The molecule has 0 radical (unpaired) electrons. The van der Waals surface area contributed by atoms with Gasteiger partial charge in [0, 0.05) is 0 Å². The van der Waals surface area contributed by atoms with Crippen molar-refractivity contribution in [3.8, 4) is 0 Å². The number of rotatable bonds is 6. The number of carbonyl (C=O) groups excluding carboxylic acids is 3. The Hall–Kier alpha value is -1.24. The number of hydrogen-bond donors (Lipinski definition) is 2. The topological polar surface area (TPSA) is 98.5 Å². The highest BCUT2D eigenvalue weighted by Gasteiger charge is 2.24. The van der Waals surface area contributed by atoms with Gasteiger partial charge in [-0.1, -0.05) is 13.8 Å². The number of urea groups is 1. The van der Waals surface area contributed by atoms with Crippen molar-refractivity contribution < 1.29 is 19.1 Å². The maximum atomic E-state index is 11.6. The van der Waals surface area contributed by atoms with Crippen LogP contribution in [0.15, 0.2) is 0 Å². The van der Waals surface area contributed by atoms with Gasteiger partial charge in [-0.25, -0.2) is 4.79 Å². The van der Waals surface area contributed by atoms with Gasteiger partial charge in [0.1, 0.15) is 0 Å². The van der Waals surface area contributed by atoms with Crippen molar-refractivity contribution >= 4 is 29.7 Å². The number of primary amides is 1. The summed E-state index contributed by atoms with van der Waals surface area (Å²) >= 11 is 1.13. The number of ether oxygens (including phenoxy) is 1. The lowest BCUT2D eigenvalue weighted by Crippen LogP contribution is -2.42. The smallest absolute Gasteiger partial charge is 0.318 e. The van der Waals surface area contributed by atoms with Crippen LogP contribution in [-0.2, 0) is 14.3 Å². The summed E-state index contributed by atoms with van der Waals surface area (Å²) in [6.07, 6.45) is 0. The fourth-order valence-corrected chi connectivity index (χ4v) is 2.12. The van der Waals surface area contributed by atoms with Gasteiger partial charge >= 0.3 is 12.0 Å². The molecule has 17 heavy (non-hydrogen) atoms. The highest BCUT2D eigenvalue weighted by molar-refractivity contribution is 8.01. The second-order valence-corrected chi connectivity index (χ2v) is 4.76. The number of esters is 1. The molecule has 3 amide bonds. The molecule has 0 heterocycles. The number of carbonyl (C=O) groups is 3. The number of nitrogens with two attached hydrogens (primary N) is 1. The van der Waals surface area contributed by atoms with E-state index in [1.54, 1.807) is 6.92 Å². The summed E-state index contributed by atoms with van der Waals surface area (Å²) in [5, 5.41) is 1.50. The summed E-state index contributed by atoms with van der Waals surface area (Å²) in [4.78, 5) is 33.3. The second kappa shape index (κ2) is 7.94. The summed E-state index contributed by atoms with van der Waals surface area (Å²) in [5.74, 6) is -0.811. The molecule has 3 N–H and O–H groups in total. The van der Waals surface area contributed by atoms with E-state index in [9.17, 15) is 14.4 Å². The molecule has 0 aliphatic rings. The SMILES string of the molecule is CCOC(=O)CSC(C(=O)NC(N)=O)C(C)C. The Morgan fingerprint density at radius 1 is 1.35 bits per heavy atom. The maximum absolute atomic E-state index is 11.6. The third-order valence-corrected chi connectivity index (χ3v) is 3.32. The van der Waals surface area contributed by atoms with Crippen molar-refractivity contribution in [2.45, 2.75) is 26.0 Å². The minimum atomic E-state index is -0.891. The van der Waals surface area contributed by atoms with Gasteiger partial charge in [0.25, 0.3) is 0 Å². The molecule has 0 aromatic heterocycles. The first-order valence-corrected chi connectivity index (χ1v) is 6.30. The fourth-order valence-electron chi connectivity index (χ4n) is 1.12. The van der Waals surface area contributed by atoms with Crippen LogP contribution in [0.1, 0.15) is 20.8 Å². The highest BCUT2D eigenvalue weighted by Crippen LogP contribution is 2.19. The van der Waals surface area contributed by atoms with Crippen LogP contribution in [0.2, 0.25) is 0 Å². The van der Waals surface area contributed by atoms with Crippen LogP contribution in [0.4, 0.5) is 4.79 Å². The zero-order chi connectivity index (χ0) is 13.4. The summed E-state index contributed by atoms with van der Waals surface area (Å²) in [7, 11) is 0. The molecule has 0 spiro atoms. The summed E-state index contributed by atoms with van der Waals surface area (Å²) in [6.45, 7) is 5.66. The summed E-state index contributed by atoms with van der Waals surface area (Å²) in [6, 6.07) is -0.891. The van der Waals surface area contributed by atoms with E-state index < -0.39 is 17.2 Å². The Morgan fingerprint density at radius 3 is 2.35 bits per heavy atom. The summed E-state index contributed by atoms with van der Waals surface area (Å²) < 4.78 is 4.75. The molecule has 0 saturated heterocycles. The molecule has 0 rings (SSSR count). The normalized spacial score (nSPS) is 12.0. The molecule has 0 aliphatic carbocycles. The van der Waals surface area contributed by atoms with E-state index in [-0.39, 0.29) is 17.6 Å². The zero-order valence-corrected chi connectivity index (χ0v) is 11.0.